The summed E-state index contributed by atoms with van der Waals surface area (Å²) in [5.41, 5.74) is 1.61. The molecular formula is C27H36N2O4. The number of hydrogen-bond donors (Lipinski definition) is 0. The zero-order valence-corrected chi connectivity index (χ0v) is 20.0. The number of hydrogen-bond acceptors (Lipinski definition) is 5. The van der Waals surface area contributed by atoms with Crippen molar-refractivity contribution < 1.29 is 19.1 Å². The van der Waals surface area contributed by atoms with E-state index in [0.717, 1.165) is 70.0 Å². The molecule has 2 heterocycles. The van der Waals surface area contributed by atoms with Gasteiger partial charge < -0.3 is 14.4 Å². The maximum atomic E-state index is 13.7. The van der Waals surface area contributed by atoms with Gasteiger partial charge in [-0.1, -0.05) is 6.07 Å². The van der Waals surface area contributed by atoms with Gasteiger partial charge in [0.2, 0.25) is 5.91 Å². The quantitative estimate of drug-likeness (QED) is 0.642. The number of amides is 1. The van der Waals surface area contributed by atoms with Crippen LogP contribution in [-0.4, -0.2) is 66.6 Å². The molecule has 4 atom stereocenters. The number of methoxy groups -OCH3 is 1. The summed E-state index contributed by atoms with van der Waals surface area (Å²) in [6.45, 7) is 5.36. The van der Waals surface area contributed by atoms with Crippen molar-refractivity contribution in [3.8, 4) is 5.75 Å². The predicted molar refractivity (Wildman–Crippen MR) is 124 cm³/mol. The van der Waals surface area contributed by atoms with Crippen LogP contribution in [0.25, 0.3) is 0 Å². The fraction of sp³-hybridized carbons (Fsp3) is 0.704. The summed E-state index contributed by atoms with van der Waals surface area (Å²) in [4.78, 5) is 30.9. The number of piperidine rings is 1. The van der Waals surface area contributed by atoms with E-state index in [1.165, 1.54) is 24.0 Å². The minimum absolute atomic E-state index is 0.0945. The maximum absolute atomic E-state index is 13.7. The highest BCUT2D eigenvalue weighted by Crippen LogP contribution is 2.64. The SMILES string of the molecule is COc1ccc2c(c1)[C@]13CCN(CC4CC4)[C@H](C2)[C@]1(OC(C)=O)C[C@H](C(=O)N1CCCC1)C3. The number of ether oxygens (including phenoxy) is 2. The van der Waals surface area contributed by atoms with Gasteiger partial charge in [0.1, 0.15) is 11.4 Å². The molecule has 0 unspecified atom stereocenters. The Balaban J connectivity index is 1.48. The highest BCUT2D eigenvalue weighted by molar-refractivity contribution is 5.81. The number of likely N-dealkylation sites (tertiary alicyclic amines) is 2. The van der Waals surface area contributed by atoms with Gasteiger partial charge in [0, 0.05) is 44.3 Å². The average molecular weight is 453 g/mol. The third-order valence-corrected chi connectivity index (χ3v) is 9.29. The van der Waals surface area contributed by atoms with E-state index in [9.17, 15) is 9.59 Å². The van der Waals surface area contributed by atoms with Crippen molar-refractivity contribution in [1.82, 2.24) is 9.80 Å². The van der Waals surface area contributed by atoms with Crippen LogP contribution in [0.3, 0.4) is 0 Å². The van der Waals surface area contributed by atoms with Gasteiger partial charge >= 0.3 is 5.97 Å². The number of carbonyl (C=O) groups is 2. The Labute approximate surface area is 196 Å². The first kappa shape index (κ1) is 21.5. The minimum Gasteiger partial charge on any atom is -0.497 e. The molecule has 0 radical (unpaired) electrons. The van der Waals surface area contributed by atoms with Crippen molar-refractivity contribution in [3.05, 3.63) is 29.3 Å². The molecule has 178 valence electrons. The van der Waals surface area contributed by atoms with Crippen LogP contribution < -0.4 is 4.74 Å². The summed E-state index contributed by atoms with van der Waals surface area (Å²) in [6, 6.07) is 6.56. The van der Waals surface area contributed by atoms with Crippen molar-refractivity contribution in [2.75, 3.05) is 33.3 Å². The third kappa shape index (κ3) is 3.23. The van der Waals surface area contributed by atoms with Crippen LogP contribution in [0, 0.1) is 11.8 Å². The van der Waals surface area contributed by atoms with Crippen LogP contribution in [0.4, 0.5) is 0 Å². The summed E-state index contributed by atoms with van der Waals surface area (Å²) in [6.07, 6.45) is 8.00. The fourth-order valence-corrected chi connectivity index (χ4v) is 7.75. The van der Waals surface area contributed by atoms with E-state index in [0.29, 0.717) is 6.42 Å². The molecule has 6 heteroatoms. The smallest absolute Gasteiger partial charge is 0.303 e. The second-order valence-electron chi connectivity index (χ2n) is 11.1. The second-order valence-corrected chi connectivity index (χ2v) is 11.1. The monoisotopic (exact) mass is 452 g/mol. The van der Waals surface area contributed by atoms with E-state index in [2.05, 4.69) is 28.0 Å². The third-order valence-electron chi connectivity index (χ3n) is 9.29. The molecule has 4 fully saturated rings. The standard InChI is InChI=1S/C27H36N2O4/c1-18(30)33-27-16-21(25(31)28-10-3-4-11-28)15-26(27)9-12-29(17-19-5-6-19)24(27)13-20-7-8-22(32-2)14-23(20)26/h7-8,14,19,21,24H,3-6,9-13,15-17H2,1-2H3/t21-,24-,26-,27-/m1/s1. The lowest BCUT2D eigenvalue weighted by atomic mass is 9.56. The Morgan fingerprint density at radius 3 is 2.61 bits per heavy atom. The molecule has 2 aliphatic heterocycles. The van der Waals surface area contributed by atoms with Gasteiger partial charge in [-0.05, 0) is 80.7 Å². The second kappa shape index (κ2) is 7.72. The zero-order valence-electron chi connectivity index (χ0n) is 20.0. The lowest BCUT2D eigenvalue weighted by Crippen LogP contribution is -2.70. The zero-order chi connectivity index (χ0) is 22.8. The van der Waals surface area contributed by atoms with Gasteiger partial charge in [-0.2, -0.15) is 0 Å². The molecule has 0 spiro atoms. The highest BCUT2D eigenvalue weighted by Gasteiger charge is 2.71. The normalized spacial score (nSPS) is 35.2. The van der Waals surface area contributed by atoms with Crippen molar-refractivity contribution in [2.24, 2.45) is 11.8 Å². The van der Waals surface area contributed by atoms with Crippen molar-refractivity contribution in [2.45, 2.75) is 75.3 Å². The molecule has 2 saturated carbocycles. The summed E-state index contributed by atoms with van der Waals surface area (Å²) >= 11 is 0. The number of carbonyl (C=O) groups excluding carboxylic acids is 2. The average Bonchev–Trinajstić information content (AvgIpc) is 3.30. The van der Waals surface area contributed by atoms with Gasteiger partial charge in [-0.3, -0.25) is 14.5 Å². The molecule has 3 aliphatic carbocycles. The lowest BCUT2D eigenvalue weighted by molar-refractivity contribution is -0.189. The molecule has 1 amide bonds. The largest absolute Gasteiger partial charge is 0.497 e. The first-order chi connectivity index (χ1) is 16.0. The van der Waals surface area contributed by atoms with E-state index < -0.39 is 5.60 Å². The van der Waals surface area contributed by atoms with Gasteiger partial charge in [-0.15, -0.1) is 0 Å². The van der Waals surface area contributed by atoms with Crippen molar-refractivity contribution in [1.29, 1.82) is 0 Å². The number of esters is 1. The Kier molecular flexibility index (Phi) is 5.02. The topological polar surface area (TPSA) is 59.1 Å². The number of benzene rings is 1. The van der Waals surface area contributed by atoms with Crippen LogP contribution in [-0.2, 0) is 26.2 Å². The Hall–Kier alpha value is -2.08. The maximum Gasteiger partial charge on any atom is 0.303 e. The first-order valence-corrected chi connectivity index (χ1v) is 12.9. The molecule has 0 N–H and O–H groups in total. The minimum atomic E-state index is -0.647. The Bertz CT molecular complexity index is 969. The Morgan fingerprint density at radius 1 is 1.12 bits per heavy atom. The van der Waals surface area contributed by atoms with Crippen molar-refractivity contribution in [3.63, 3.8) is 0 Å². The molecule has 33 heavy (non-hydrogen) atoms. The number of nitrogens with zero attached hydrogens (tertiary/aromatic N) is 2. The molecule has 0 aromatic heterocycles. The van der Waals surface area contributed by atoms with E-state index >= 15 is 0 Å². The summed E-state index contributed by atoms with van der Waals surface area (Å²) in [5.74, 6) is 1.56. The van der Waals surface area contributed by atoms with E-state index in [4.69, 9.17) is 9.47 Å². The lowest BCUT2D eigenvalue weighted by Gasteiger charge is -2.60. The summed E-state index contributed by atoms with van der Waals surface area (Å²) in [5, 5.41) is 0. The van der Waals surface area contributed by atoms with Crippen LogP contribution in [0.5, 0.6) is 5.75 Å². The number of fused-ring (bicyclic) bond motifs is 1. The van der Waals surface area contributed by atoms with Gasteiger partial charge in [0.15, 0.2) is 0 Å². The van der Waals surface area contributed by atoms with Crippen LogP contribution >= 0.6 is 0 Å². The molecule has 6 rings (SSSR count). The van der Waals surface area contributed by atoms with Crippen LogP contribution in [0.15, 0.2) is 18.2 Å². The molecule has 5 aliphatic rings. The molecule has 6 nitrogen and oxygen atoms in total. The predicted octanol–water partition coefficient (Wildman–Crippen LogP) is 3.31. The molecule has 1 aromatic rings. The summed E-state index contributed by atoms with van der Waals surface area (Å²) < 4.78 is 12.1. The highest BCUT2D eigenvalue weighted by atomic mass is 16.6. The van der Waals surface area contributed by atoms with Gasteiger partial charge in [-0.25, -0.2) is 0 Å². The molecule has 2 bridgehead atoms. The number of rotatable bonds is 5. The van der Waals surface area contributed by atoms with Gasteiger partial charge in [0.05, 0.1) is 13.2 Å². The molecular weight excluding hydrogens is 416 g/mol. The molecule has 1 aromatic carbocycles. The first-order valence-electron chi connectivity index (χ1n) is 12.9. The van der Waals surface area contributed by atoms with E-state index in [1.807, 2.05) is 0 Å². The Morgan fingerprint density at radius 2 is 1.91 bits per heavy atom. The van der Waals surface area contributed by atoms with Gasteiger partial charge in [0.25, 0.3) is 0 Å². The van der Waals surface area contributed by atoms with E-state index in [1.54, 1.807) is 14.0 Å². The molecule has 2 saturated heterocycles. The summed E-state index contributed by atoms with van der Waals surface area (Å²) in [7, 11) is 1.71. The fourth-order valence-electron chi connectivity index (χ4n) is 7.75. The van der Waals surface area contributed by atoms with Crippen LogP contribution in [0.2, 0.25) is 0 Å². The van der Waals surface area contributed by atoms with E-state index in [-0.39, 0.29) is 29.3 Å². The van der Waals surface area contributed by atoms with Crippen molar-refractivity contribution >= 4 is 11.9 Å². The van der Waals surface area contributed by atoms with Crippen LogP contribution in [0.1, 0.15) is 63.0 Å².